The number of nitrogens with one attached hydrogen (secondary N) is 1. The van der Waals surface area contributed by atoms with Crippen molar-refractivity contribution in [2.45, 2.75) is 89.5 Å². The largest absolute Gasteiger partial charge is 0.481 e. The van der Waals surface area contributed by atoms with Crippen LogP contribution in [-0.4, -0.2) is 27.5 Å². The van der Waals surface area contributed by atoms with Crippen molar-refractivity contribution in [1.82, 2.24) is 10.3 Å². The van der Waals surface area contributed by atoms with E-state index in [0.717, 1.165) is 36.3 Å². The fourth-order valence-corrected chi connectivity index (χ4v) is 8.13. The lowest BCUT2D eigenvalue weighted by molar-refractivity contribution is -0.156. The molecule has 4 saturated carbocycles. The number of benzene rings is 2. The summed E-state index contributed by atoms with van der Waals surface area (Å²) in [7, 11) is 0. The minimum Gasteiger partial charge on any atom is -0.481 e. The van der Waals surface area contributed by atoms with Crippen LogP contribution in [0.15, 0.2) is 36.4 Å². The molecule has 0 unspecified atom stereocenters. The smallest absolute Gasteiger partial charge is 0.309 e. The molecule has 4 aliphatic rings. The second-order valence-corrected chi connectivity index (χ2v) is 12.8. The summed E-state index contributed by atoms with van der Waals surface area (Å²) < 4.78 is 0. The van der Waals surface area contributed by atoms with Gasteiger partial charge < -0.3 is 10.4 Å². The predicted molar refractivity (Wildman–Crippen MR) is 148 cm³/mol. The van der Waals surface area contributed by atoms with Gasteiger partial charge in [-0.05, 0) is 74.1 Å². The van der Waals surface area contributed by atoms with Crippen molar-refractivity contribution in [3.8, 4) is 10.4 Å². The Morgan fingerprint density at radius 1 is 0.973 bits per heavy atom. The van der Waals surface area contributed by atoms with Gasteiger partial charge in [0.2, 0.25) is 0 Å². The van der Waals surface area contributed by atoms with Gasteiger partial charge in [0.25, 0.3) is 5.91 Å². The zero-order valence-corrected chi connectivity index (χ0v) is 22.5. The second-order valence-electron chi connectivity index (χ2n) is 11.8. The number of nitrogens with zero attached hydrogens (tertiary/aromatic N) is 1. The van der Waals surface area contributed by atoms with Crippen molar-refractivity contribution < 1.29 is 14.7 Å². The molecular formula is C31H36N2O3S. The monoisotopic (exact) mass is 516 g/mol. The number of aromatic nitrogens is 1. The van der Waals surface area contributed by atoms with Gasteiger partial charge in [0.1, 0.15) is 0 Å². The van der Waals surface area contributed by atoms with E-state index in [2.05, 4.69) is 48.6 Å². The van der Waals surface area contributed by atoms with E-state index in [1.165, 1.54) is 65.3 Å². The fourth-order valence-electron chi connectivity index (χ4n) is 7.10. The number of carbonyl (C=O) groups excluding carboxylic acids is 1. The SMILES string of the molecule is Cc1ccc(-c2sc(C(=O)NC34CCC(C(=O)O)(CC3)CC4)nc2CC2CCCCC2)c2ccccc12. The molecule has 0 saturated heterocycles. The van der Waals surface area contributed by atoms with E-state index < -0.39 is 11.4 Å². The maximum Gasteiger partial charge on any atom is 0.309 e. The quantitative estimate of drug-likeness (QED) is 0.360. The van der Waals surface area contributed by atoms with Crippen LogP contribution in [0.3, 0.4) is 0 Å². The van der Waals surface area contributed by atoms with E-state index in [1.54, 1.807) is 0 Å². The highest BCUT2D eigenvalue weighted by Gasteiger charge is 2.53. The third kappa shape index (κ3) is 4.47. The molecule has 7 rings (SSSR count). The standard InChI is InChI=1S/C31H36N2O3S/c1-20-11-12-24(23-10-6-5-9-22(20)23)26-25(19-21-7-3-2-4-8-21)32-28(37-26)27(34)33-31-16-13-30(14-17-31,15-18-31)29(35)36/h5-6,9-12,21H,2-4,7-8,13-19H2,1H3,(H,33,34)(H,35,36). The van der Waals surface area contributed by atoms with Crippen molar-refractivity contribution in [2.75, 3.05) is 0 Å². The molecule has 3 aromatic rings. The Labute approximate surface area is 222 Å². The molecule has 0 atom stereocenters. The van der Waals surface area contributed by atoms with E-state index in [9.17, 15) is 14.7 Å². The van der Waals surface area contributed by atoms with Gasteiger partial charge in [0.15, 0.2) is 5.01 Å². The second kappa shape index (κ2) is 9.54. The minimum atomic E-state index is -0.672. The third-order valence-corrected chi connectivity index (χ3v) is 10.7. The van der Waals surface area contributed by atoms with Crippen LogP contribution in [0.25, 0.3) is 21.2 Å². The van der Waals surface area contributed by atoms with Gasteiger partial charge in [-0.15, -0.1) is 11.3 Å². The molecule has 37 heavy (non-hydrogen) atoms. The van der Waals surface area contributed by atoms with Crippen molar-refractivity contribution in [3.63, 3.8) is 0 Å². The first-order chi connectivity index (χ1) is 17.9. The predicted octanol–water partition coefficient (Wildman–Crippen LogP) is 7.30. The molecule has 2 aromatic carbocycles. The topological polar surface area (TPSA) is 79.3 Å². The summed E-state index contributed by atoms with van der Waals surface area (Å²) in [5.74, 6) is -0.140. The number of carboxylic acid groups (broad SMARTS) is 1. The molecule has 4 fully saturated rings. The third-order valence-electron chi connectivity index (χ3n) is 9.56. The van der Waals surface area contributed by atoms with E-state index in [0.29, 0.717) is 30.2 Å². The van der Waals surface area contributed by atoms with E-state index >= 15 is 0 Å². The lowest BCUT2D eigenvalue weighted by Crippen LogP contribution is -2.58. The van der Waals surface area contributed by atoms with E-state index in [4.69, 9.17) is 4.98 Å². The van der Waals surface area contributed by atoms with Crippen LogP contribution in [0.5, 0.6) is 0 Å². The number of amides is 1. The zero-order chi connectivity index (χ0) is 25.6. The summed E-state index contributed by atoms with van der Waals surface area (Å²) in [6, 6.07) is 12.9. The number of rotatable bonds is 6. The van der Waals surface area contributed by atoms with Crippen LogP contribution >= 0.6 is 11.3 Å². The normalized spacial score (nSPS) is 25.9. The van der Waals surface area contributed by atoms with Crippen LogP contribution < -0.4 is 5.32 Å². The fraction of sp³-hybridized carbons (Fsp3) is 0.516. The number of hydrogen-bond acceptors (Lipinski definition) is 4. The number of hydrogen-bond donors (Lipinski definition) is 2. The highest BCUT2D eigenvalue weighted by atomic mass is 32.1. The van der Waals surface area contributed by atoms with Crippen molar-refractivity contribution >= 4 is 34.0 Å². The van der Waals surface area contributed by atoms with Gasteiger partial charge in [-0.25, -0.2) is 4.98 Å². The van der Waals surface area contributed by atoms with Crippen molar-refractivity contribution in [2.24, 2.45) is 11.3 Å². The summed E-state index contributed by atoms with van der Waals surface area (Å²) in [5, 5.41) is 16.1. The number of carbonyl (C=O) groups is 2. The van der Waals surface area contributed by atoms with Crippen LogP contribution in [0.4, 0.5) is 0 Å². The van der Waals surface area contributed by atoms with Crippen LogP contribution in [-0.2, 0) is 11.2 Å². The average molecular weight is 517 g/mol. The van der Waals surface area contributed by atoms with E-state index in [-0.39, 0.29) is 11.4 Å². The molecule has 6 heteroatoms. The van der Waals surface area contributed by atoms with Crippen molar-refractivity contribution in [3.05, 3.63) is 52.7 Å². The van der Waals surface area contributed by atoms with Crippen LogP contribution in [0, 0.1) is 18.3 Å². The zero-order valence-electron chi connectivity index (χ0n) is 21.6. The highest BCUT2D eigenvalue weighted by molar-refractivity contribution is 7.17. The number of carboxylic acids is 1. The summed E-state index contributed by atoms with van der Waals surface area (Å²) in [4.78, 5) is 31.6. The maximum absolute atomic E-state index is 13.6. The minimum absolute atomic E-state index is 0.0951. The Bertz CT molecular complexity index is 1330. The molecule has 5 nitrogen and oxygen atoms in total. The highest BCUT2D eigenvalue weighted by Crippen LogP contribution is 2.52. The Kier molecular flexibility index (Phi) is 6.34. The number of aliphatic carboxylic acids is 1. The van der Waals surface area contributed by atoms with Crippen molar-refractivity contribution in [1.29, 1.82) is 0 Å². The lowest BCUT2D eigenvalue weighted by Gasteiger charge is -2.51. The molecule has 194 valence electrons. The Morgan fingerprint density at radius 3 is 2.32 bits per heavy atom. The molecular weight excluding hydrogens is 480 g/mol. The molecule has 1 aromatic heterocycles. The number of thiazole rings is 1. The average Bonchev–Trinajstić information content (AvgIpc) is 3.34. The molecule has 4 aliphatic carbocycles. The van der Waals surface area contributed by atoms with Crippen LogP contribution in [0.2, 0.25) is 0 Å². The molecule has 2 N–H and O–H groups in total. The molecule has 1 amide bonds. The first-order valence-electron chi connectivity index (χ1n) is 13.9. The summed E-state index contributed by atoms with van der Waals surface area (Å²) in [6.45, 7) is 2.15. The molecule has 1 heterocycles. The van der Waals surface area contributed by atoms with Gasteiger partial charge in [-0.2, -0.15) is 0 Å². The summed E-state index contributed by atoms with van der Waals surface area (Å²) in [6.07, 6.45) is 11.4. The lowest BCUT2D eigenvalue weighted by atomic mass is 9.57. The van der Waals surface area contributed by atoms with Gasteiger partial charge in [-0.3, -0.25) is 9.59 Å². The Morgan fingerprint density at radius 2 is 1.65 bits per heavy atom. The number of aryl methyl sites for hydroxylation is 1. The first kappa shape index (κ1) is 24.6. The number of fused-ring (bicyclic) bond motifs is 4. The first-order valence-corrected chi connectivity index (χ1v) is 14.7. The van der Waals surface area contributed by atoms with Gasteiger partial charge in [-0.1, -0.05) is 68.5 Å². The maximum atomic E-state index is 13.6. The summed E-state index contributed by atoms with van der Waals surface area (Å²) >= 11 is 1.53. The van der Waals surface area contributed by atoms with Gasteiger partial charge >= 0.3 is 5.97 Å². The van der Waals surface area contributed by atoms with Crippen LogP contribution in [0.1, 0.15) is 91.7 Å². The molecule has 0 spiro atoms. The molecule has 0 radical (unpaired) electrons. The molecule has 2 bridgehead atoms. The Balaban J connectivity index is 1.33. The van der Waals surface area contributed by atoms with E-state index in [1.807, 2.05) is 0 Å². The Hall–Kier alpha value is -2.73. The van der Waals surface area contributed by atoms with Gasteiger partial charge in [0.05, 0.1) is 16.0 Å². The van der Waals surface area contributed by atoms with Gasteiger partial charge in [0, 0.05) is 11.1 Å². The molecule has 0 aliphatic heterocycles. The summed E-state index contributed by atoms with van der Waals surface area (Å²) in [5.41, 5.74) is 2.61.